The average Bonchev–Trinajstić information content (AvgIpc) is 3.84. The molecule has 2 fully saturated rings. The fourth-order valence-corrected chi connectivity index (χ4v) is 11.5. The Hall–Kier alpha value is -5.82. The number of benzene rings is 4. The van der Waals surface area contributed by atoms with Gasteiger partial charge in [0.15, 0.2) is 17.0 Å². The number of nitriles is 1. The van der Waals surface area contributed by atoms with E-state index in [0.717, 1.165) is 53.9 Å². The first-order valence-electron chi connectivity index (χ1n) is 24.2. The number of nitrogens with one attached hydrogen (secondary N) is 1. The Balaban J connectivity index is 1.27. The van der Waals surface area contributed by atoms with Crippen LogP contribution >= 0.6 is 8.53 Å². The third-order valence-corrected chi connectivity index (χ3v) is 15.2. The Kier molecular flexibility index (Phi) is 16.9. The lowest BCUT2D eigenvalue weighted by Crippen LogP contribution is -2.61. The predicted molar refractivity (Wildman–Crippen MR) is 270 cm³/mol. The Morgan fingerprint density at radius 3 is 2.04 bits per heavy atom. The monoisotopic (exact) mass is 968 g/mol. The summed E-state index contributed by atoms with van der Waals surface area (Å²) in [4.78, 5) is 30.0. The van der Waals surface area contributed by atoms with Crippen molar-refractivity contribution in [1.82, 2.24) is 29.1 Å². The van der Waals surface area contributed by atoms with Crippen molar-refractivity contribution in [1.29, 1.82) is 5.26 Å². The lowest BCUT2D eigenvalue weighted by molar-refractivity contribution is -0.232. The maximum atomic E-state index is 13.4. The highest BCUT2D eigenvalue weighted by atomic mass is 31.2. The molecule has 4 aromatic carbocycles. The molecule has 1 saturated heterocycles. The van der Waals surface area contributed by atoms with Crippen molar-refractivity contribution in [3.8, 4) is 17.6 Å². The molecule has 368 valence electrons. The fourth-order valence-electron chi connectivity index (χ4n) is 9.79. The molecule has 1 amide bonds. The Labute approximate surface area is 413 Å². The number of amides is 1. The number of aromatic nitrogens is 4. The molecule has 1 aliphatic heterocycles. The zero-order chi connectivity index (χ0) is 49.1. The molecule has 15 nitrogen and oxygen atoms in total. The number of hydrogen-bond donors (Lipinski definition) is 1. The molecule has 1 N–H and O–H groups in total. The van der Waals surface area contributed by atoms with Crippen LogP contribution in [-0.2, 0) is 24.1 Å². The van der Waals surface area contributed by atoms with E-state index in [4.69, 9.17) is 38.0 Å². The van der Waals surface area contributed by atoms with Gasteiger partial charge in [0.2, 0.25) is 0 Å². The second-order valence-electron chi connectivity index (χ2n) is 18.5. The molecular formula is C54H65N8O7P. The van der Waals surface area contributed by atoms with Crippen LogP contribution in [0.15, 0.2) is 122 Å². The van der Waals surface area contributed by atoms with Gasteiger partial charge >= 0.3 is 0 Å². The van der Waals surface area contributed by atoms with Crippen LogP contribution in [0.3, 0.4) is 0 Å². The minimum Gasteiger partial charge on any atom is -0.497 e. The Bertz CT molecular complexity index is 2590. The molecule has 16 heteroatoms. The number of nitrogens with zero attached hydrogens (tertiary/aromatic N) is 7. The van der Waals surface area contributed by atoms with Crippen LogP contribution in [0.4, 0.5) is 5.82 Å². The van der Waals surface area contributed by atoms with E-state index >= 15 is 0 Å². The van der Waals surface area contributed by atoms with Gasteiger partial charge in [0, 0.05) is 36.8 Å². The number of morpholine rings is 1. The summed E-state index contributed by atoms with van der Waals surface area (Å²) < 4.78 is 44.5. The zero-order valence-corrected chi connectivity index (χ0v) is 42.0. The molecule has 0 bridgehead atoms. The van der Waals surface area contributed by atoms with E-state index in [1.54, 1.807) is 32.7 Å². The van der Waals surface area contributed by atoms with Crippen molar-refractivity contribution in [2.24, 2.45) is 0 Å². The summed E-state index contributed by atoms with van der Waals surface area (Å²) >= 11 is 0. The smallest absolute Gasteiger partial charge is 0.259 e. The highest BCUT2D eigenvalue weighted by molar-refractivity contribution is 7.44. The molecular weight excluding hydrogens is 904 g/mol. The van der Waals surface area contributed by atoms with Gasteiger partial charge in [-0.2, -0.15) is 5.26 Å². The lowest BCUT2D eigenvalue weighted by atomic mass is 9.79. The van der Waals surface area contributed by atoms with Crippen molar-refractivity contribution in [2.75, 3.05) is 52.4 Å². The molecule has 2 aliphatic rings. The number of carbonyl (C=O) groups is 1. The summed E-state index contributed by atoms with van der Waals surface area (Å²) in [5.41, 5.74) is 1.80. The van der Waals surface area contributed by atoms with Crippen molar-refractivity contribution in [2.45, 2.75) is 102 Å². The predicted octanol–water partition coefficient (Wildman–Crippen LogP) is 10.3. The van der Waals surface area contributed by atoms with Crippen molar-refractivity contribution < 1.29 is 32.8 Å². The quantitative estimate of drug-likeness (QED) is 0.0413. The molecule has 3 heterocycles. The molecule has 1 aliphatic carbocycles. The molecule has 8 rings (SSSR count). The summed E-state index contributed by atoms with van der Waals surface area (Å²) in [5.74, 6) is 1.43. The van der Waals surface area contributed by atoms with E-state index in [1.807, 2.05) is 65.2 Å². The van der Waals surface area contributed by atoms with Crippen LogP contribution in [0.1, 0.15) is 99.5 Å². The molecule has 0 spiro atoms. The van der Waals surface area contributed by atoms with Crippen LogP contribution in [-0.4, -0.2) is 106 Å². The zero-order valence-electron chi connectivity index (χ0n) is 41.1. The molecule has 1 saturated carbocycles. The highest BCUT2D eigenvalue weighted by Gasteiger charge is 2.49. The molecule has 70 heavy (non-hydrogen) atoms. The number of anilines is 1. The third kappa shape index (κ3) is 11.4. The molecule has 6 aromatic rings. The van der Waals surface area contributed by atoms with Gasteiger partial charge in [-0.1, -0.05) is 92.1 Å². The second-order valence-corrected chi connectivity index (χ2v) is 19.9. The van der Waals surface area contributed by atoms with Crippen LogP contribution in [0.2, 0.25) is 0 Å². The van der Waals surface area contributed by atoms with Gasteiger partial charge in [-0.3, -0.25) is 14.3 Å². The second kappa shape index (κ2) is 23.4. The molecule has 0 radical (unpaired) electrons. The first-order chi connectivity index (χ1) is 34.1. The number of carbonyl (C=O) groups excluding carboxylic acids is 1. The Morgan fingerprint density at radius 1 is 0.829 bits per heavy atom. The first-order valence-corrected chi connectivity index (χ1v) is 25.4. The van der Waals surface area contributed by atoms with E-state index < -0.39 is 26.0 Å². The minimum absolute atomic E-state index is 0.0599. The lowest BCUT2D eigenvalue weighted by Gasteiger charge is -2.50. The van der Waals surface area contributed by atoms with Crippen LogP contribution in [0.5, 0.6) is 11.5 Å². The summed E-state index contributed by atoms with van der Waals surface area (Å²) in [5, 5.41) is 12.6. The first kappa shape index (κ1) is 50.6. The van der Waals surface area contributed by atoms with Gasteiger partial charge in [0.05, 0.1) is 52.9 Å². The van der Waals surface area contributed by atoms with Crippen LogP contribution in [0, 0.1) is 11.3 Å². The van der Waals surface area contributed by atoms with E-state index in [1.165, 1.54) is 12.7 Å². The normalized spacial score (nSPS) is 18.5. The molecule has 3 atom stereocenters. The molecule has 1 unspecified atom stereocenters. The third-order valence-electron chi connectivity index (χ3n) is 13.1. The van der Waals surface area contributed by atoms with Crippen molar-refractivity contribution in [3.05, 3.63) is 144 Å². The standard InChI is InChI=1S/C54H65N8O7P/c1-39(2)62(40(3)4)70(67-32-16-31-55)68-36-53(35-66-54(42-19-12-8-13-20-42,43-23-27-46(64-5)28-24-43)44-25-29-47(65-6)30-26-44)34-60(45-21-14-9-15-22-45)33-48(69-53)61-38-58-49-50(56-37-57-51(49)61)59-52(63)41-17-10-7-11-18-41/h7-8,10-13,17-20,23-30,37-40,45,48H,9,14-16,21-22,32-36H2,1-6H3,(H,56,57,59,63)/t48-,53-,70?/m1/s1. The van der Waals surface area contributed by atoms with Crippen molar-refractivity contribution in [3.63, 3.8) is 0 Å². The Morgan fingerprint density at radius 2 is 1.44 bits per heavy atom. The maximum absolute atomic E-state index is 13.4. The van der Waals surface area contributed by atoms with Gasteiger partial charge in [0.25, 0.3) is 14.4 Å². The van der Waals surface area contributed by atoms with Gasteiger partial charge in [-0.25, -0.2) is 19.6 Å². The SMILES string of the molecule is COc1ccc(C(OC[C@@]2(COP(OCCC#N)N(C(C)C)C(C)C)CN(C3CCCCC3)C[C@H](n3cnc4c(NC(=O)c5ccccc5)ncnc43)O2)(c2ccccc2)c2ccc(OC)cc2)cc1. The number of fused-ring (bicyclic) bond motifs is 1. The number of ether oxygens (including phenoxy) is 4. The number of hydrogen-bond acceptors (Lipinski definition) is 13. The van der Waals surface area contributed by atoms with Crippen molar-refractivity contribution >= 4 is 31.4 Å². The molecule has 2 aromatic heterocycles. The number of imidazole rings is 1. The fraction of sp³-hybridized carbons (Fsp3) is 0.426. The van der Waals surface area contributed by atoms with Crippen LogP contribution in [0.25, 0.3) is 11.2 Å². The highest BCUT2D eigenvalue weighted by Crippen LogP contribution is 2.49. The minimum atomic E-state index is -1.68. The number of methoxy groups -OCH3 is 2. The summed E-state index contributed by atoms with van der Waals surface area (Å²) in [6.07, 6.45) is 8.27. The maximum Gasteiger partial charge on any atom is 0.259 e. The topological polar surface area (TPSA) is 158 Å². The van der Waals surface area contributed by atoms with E-state index in [2.05, 4.69) is 90.0 Å². The van der Waals surface area contributed by atoms with Gasteiger partial charge < -0.3 is 33.3 Å². The van der Waals surface area contributed by atoms with Gasteiger partial charge in [0.1, 0.15) is 35.3 Å². The summed E-state index contributed by atoms with van der Waals surface area (Å²) in [6, 6.07) is 37.9. The van der Waals surface area contributed by atoms with E-state index in [-0.39, 0.29) is 50.3 Å². The number of rotatable bonds is 21. The average molecular weight is 969 g/mol. The van der Waals surface area contributed by atoms with Gasteiger partial charge in [-0.05, 0) is 93.6 Å². The van der Waals surface area contributed by atoms with Crippen LogP contribution < -0.4 is 14.8 Å². The van der Waals surface area contributed by atoms with E-state index in [0.29, 0.717) is 35.6 Å². The van der Waals surface area contributed by atoms with Gasteiger partial charge in [-0.15, -0.1) is 0 Å². The summed E-state index contributed by atoms with van der Waals surface area (Å²) in [7, 11) is 1.64. The summed E-state index contributed by atoms with van der Waals surface area (Å²) in [6.45, 7) is 9.89. The largest absolute Gasteiger partial charge is 0.497 e. The van der Waals surface area contributed by atoms with E-state index in [9.17, 15) is 10.1 Å².